The fraction of sp³-hybridized carbons (Fsp3) is 0.286. The van der Waals surface area contributed by atoms with E-state index in [1.165, 1.54) is 4.40 Å². The molecule has 2 heterocycles. The minimum Gasteiger partial charge on any atom is -0.246 e. The largest absolute Gasteiger partial charge is 0.349 e. The van der Waals surface area contributed by atoms with Gasteiger partial charge in [0.25, 0.3) is 5.78 Å². The summed E-state index contributed by atoms with van der Waals surface area (Å²) in [4.78, 5) is 15.1. The van der Waals surface area contributed by atoms with E-state index in [0.717, 1.165) is 11.3 Å². The van der Waals surface area contributed by atoms with Crippen LogP contribution in [-0.4, -0.2) is 19.6 Å². The van der Waals surface area contributed by atoms with Crippen molar-refractivity contribution in [1.82, 2.24) is 19.6 Å². The second kappa shape index (κ2) is 2.17. The fourth-order valence-corrected chi connectivity index (χ4v) is 1.10. The van der Waals surface area contributed by atoms with Crippen LogP contribution in [0.1, 0.15) is 11.3 Å². The highest BCUT2D eigenvalue weighted by Gasteiger charge is 2.04. The monoisotopic (exact) mass is 164 g/mol. The maximum atomic E-state index is 11.2. The fourth-order valence-electron chi connectivity index (χ4n) is 1.10. The molecule has 0 unspecified atom stereocenters. The molecule has 0 aliphatic carbocycles. The van der Waals surface area contributed by atoms with Gasteiger partial charge in [-0.2, -0.15) is 0 Å². The summed E-state index contributed by atoms with van der Waals surface area (Å²) in [5.74, 6) is 0.420. The van der Waals surface area contributed by atoms with Crippen LogP contribution in [0.4, 0.5) is 0 Å². The van der Waals surface area contributed by atoms with E-state index in [2.05, 4.69) is 15.2 Å². The van der Waals surface area contributed by atoms with E-state index in [9.17, 15) is 4.79 Å². The molecule has 1 N–H and O–H groups in total. The number of aromatic amines is 1. The minimum absolute atomic E-state index is 0.237. The molecule has 0 saturated carbocycles. The maximum absolute atomic E-state index is 11.2. The van der Waals surface area contributed by atoms with Crippen LogP contribution >= 0.6 is 0 Å². The van der Waals surface area contributed by atoms with E-state index in [-0.39, 0.29) is 5.69 Å². The first-order valence-electron chi connectivity index (χ1n) is 3.59. The lowest BCUT2D eigenvalue weighted by Crippen LogP contribution is -2.13. The topological polar surface area (TPSA) is 63.0 Å². The zero-order chi connectivity index (χ0) is 8.72. The highest BCUT2D eigenvalue weighted by Crippen LogP contribution is 2.02. The lowest BCUT2D eigenvalue weighted by atomic mass is 10.3. The average Bonchev–Trinajstić information content (AvgIpc) is 2.41. The molecule has 0 bridgehead atoms. The number of fused-ring (bicyclic) bond motifs is 1. The second-order valence-corrected chi connectivity index (χ2v) is 2.69. The SMILES string of the molecule is Cc1cnc2n[nH]c(=O)n2c1C. The predicted molar refractivity (Wildman–Crippen MR) is 43.1 cm³/mol. The number of nitrogens with one attached hydrogen (secondary N) is 1. The summed E-state index contributed by atoms with van der Waals surface area (Å²) >= 11 is 0. The molecule has 0 atom stereocenters. The molecule has 0 aliphatic rings. The van der Waals surface area contributed by atoms with Crippen LogP contribution < -0.4 is 5.69 Å². The first kappa shape index (κ1) is 7.02. The Bertz CT molecular complexity index is 482. The van der Waals surface area contributed by atoms with Crippen molar-refractivity contribution in [2.24, 2.45) is 0 Å². The molecular formula is C7H8N4O. The van der Waals surface area contributed by atoms with Crippen LogP contribution in [0.2, 0.25) is 0 Å². The Morgan fingerprint density at radius 2 is 2.25 bits per heavy atom. The normalized spacial score (nSPS) is 10.8. The van der Waals surface area contributed by atoms with E-state index >= 15 is 0 Å². The standard InChI is InChI=1S/C7H8N4O/c1-4-3-8-6-9-10-7(12)11(6)5(4)2/h3H,1-2H3,(H,10,12). The van der Waals surface area contributed by atoms with Gasteiger partial charge in [-0.1, -0.05) is 0 Å². The number of aryl methyl sites for hydroxylation is 2. The Labute approximate surface area is 68.1 Å². The third-order valence-electron chi connectivity index (χ3n) is 1.93. The number of hydrogen-bond donors (Lipinski definition) is 1. The molecule has 0 saturated heterocycles. The van der Waals surface area contributed by atoms with Crippen molar-refractivity contribution in [2.75, 3.05) is 0 Å². The van der Waals surface area contributed by atoms with Gasteiger partial charge in [-0.05, 0) is 19.4 Å². The summed E-state index contributed by atoms with van der Waals surface area (Å²) in [6.45, 7) is 3.77. The van der Waals surface area contributed by atoms with Crippen LogP contribution in [0.3, 0.4) is 0 Å². The van der Waals surface area contributed by atoms with Gasteiger partial charge in [0.1, 0.15) is 0 Å². The van der Waals surface area contributed by atoms with Crippen molar-refractivity contribution < 1.29 is 0 Å². The summed E-state index contributed by atoms with van der Waals surface area (Å²) < 4.78 is 1.45. The predicted octanol–water partition coefficient (Wildman–Crippen LogP) is 0.0344. The Kier molecular flexibility index (Phi) is 1.27. The molecule has 0 fully saturated rings. The van der Waals surface area contributed by atoms with Crippen LogP contribution in [0.15, 0.2) is 11.0 Å². The highest BCUT2D eigenvalue weighted by atomic mass is 16.1. The lowest BCUT2D eigenvalue weighted by Gasteiger charge is -1.99. The van der Waals surface area contributed by atoms with E-state index in [1.807, 2.05) is 13.8 Å². The minimum atomic E-state index is -0.237. The molecule has 5 heteroatoms. The van der Waals surface area contributed by atoms with E-state index < -0.39 is 0 Å². The van der Waals surface area contributed by atoms with Gasteiger partial charge in [0.2, 0.25) is 0 Å². The van der Waals surface area contributed by atoms with Crippen LogP contribution in [0.25, 0.3) is 5.78 Å². The van der Waals surface area contributed by atoms with E-state index in [1.54, 1.807) is 6.20 Å². The van der Waals surface area contributed by atoms with Crippen molar-refractivity contribution >= 4 is 5.78 Å². The molecule has 0 radical (unpaired) electrons. The van der Waals surface area contributed by atoms with Crippen molar-refractivity contribution in [2.45, 2.75) is 13.8 Å². The maximum Gasteiger partial charge on any atom is 0.349 e. The zero-order valence-electron chi connectivity index (χ0n) is 6.83. The highest BCUT2D eigenvalue weighted by molar-refractivity contribution is 5.30. The van der Waals surface area contributed by atoms with Crippen molar-refractivity contribution in [1.29, 1.82) is 0 Å². The van der Waals surface area contributed by atoms with Gasteiger partial charge in [0.15, 0.2) is 0 Å². The molecule has 2 aromatic heterocycles. The molecule has 12 heavy (non-hydrogen) atoms. The van der Waals surface area contributed by atoms with E-state index in [4.69, 9.17) is 0 Å². The van der Waals surface area contributed by atoms with Crippen LogP contribution in [0, 0.1) is 13.8 Å². The van der Waals surface area contributed by atoms with Gasteiger partial charge in [-0.3, -0.25) is 0 Å². The molecule has 0 aliphatic heterocycles. The average molecular weight is 164 g/mol. The van der Waals surface area contributed by atoms with Crippen molar-refractivity contribution in [3.63, 3.8) is 0 Å². The molecule has 0 spiro atoms. The van der Waals surface area contributed by atoms with Gasteiger partial charge in [-0.15, -0.1) is 5.10 Å². The quantitative estimate of drug-likeness (QED) is 0.597. The number of rotatable bonds is 0. The first-order valence-corrected chi connectivity index (χ1v) is 3.59. The zero-order valence-corrected chi connectivity index (χ0v) is 6.83. The molecule has 5 nitrogen and oxygen atoms in total. The summed E-state index contributed by atoms with van der Waals surface area (Å²) in [7, 11) is 0. The van der Waals surface area contributed by atoms with Crippen molar-refractivity contribution in [3.8, 4) is 0 Å². The molecule has 2 rings (SSSR count). The van der Waals surface area contributed by atoms with Gasteiger partial charge in [-0.25, -0.2) is 19.3 Å². The number of aromatic nitrogens is 4. The molecule has 2 aromatic rings. The Morgan fingerprint density at radius 3 is 3.00 bits per heavy atom. The Morgan fingerprint density at radius 1 is 1.50 bits per heavy atom. The van der Waals surface area contributed by atoms with Crippen molar-refractivity contribution in [3.05, 3.63) is 27.9 Å². The molecule has 62 valence electrons. The third kappa shape index (κ3) is 0.761. The Balaban J connectivity index is 3.06. The van der Waals surface area contributed by atoms with Gasteiger partial charge >= 0.3 is 5.69 Å². The first-order chi connectivity index (χ1) is 5.70. The molecule has 0 aromatic carbocycles. The summed E-state index contributed by atoms with van der Waals surface area (Å²) in [5, 5.41) is 6.07. The number of nitrogens with zero attached hydrogens (tertiary/aromatic N) is 3. The smallest absolute Gasteiger partial charge is 0.246 e. The number of hydrogen-bond acceptors (Lipinski definition) is 3. The number of H-pyrrole nitrogens is 1. The summed E-state index contributed by atoms with van der Waals surface area (Å²) in [6, 6.07) is 0. The Hall–Kier alpha value is -1.65. The van der Waals surface area contributed by atoms with Gasteiger partial charge in [0, 0.05) is 11.9 Å². The second-order valence-electron chi connectivity index (χ2n) is 2.69. The summed E-state index contributed by atoms with van der Waals surface area (Å²) in [5.41, 5.74) is 1.61. The lowest BCUT2D eigenvalue weighted by molar-refractivity contribution is 0.963. The van der Waals surface area contributed by atoms with Crippen LogP contribution in [-0.2, 0) is 0 Å². The summed E-state index contributed by atoms with van der Waals surface area (Å²) in [6.07, 6.45) is 1.70. The van der Waals surface area contributed by atoms with E-state index in [0.29, 0.717) is 5.78 Å². The third-order valence-corrected chi connectivity index (χ3v) is 1.93. The van der Waals surface area contributed by atoms with Gasteiger partial charge in [0.05, 0.1) is 0 Å². The molecular weight excluding hydrogens is 156 g/mol. The van der Waals surface area contributed by atoms with Gasteiger partial charge < -0.3 is 0 Å². The molecule has 0 amide bonds. The van der Waals surface area contributed by atoms with Crippen LogP contribution in [0.5, 0.6) is 0 Å².